The lowest BCUT2D eigenvalue weighted by atomic mass is 10.1. The molecule has 0 unspecified atom stereocenters. The normalized spacial score (nSPS) is 10.8. The van der Waals surface area contributed by atoms with Crippen molar-refractivity contribution in [3.8, 4) is 0 Å². The van der Waals surface area contributed by atoms with Crippen LogP contribution in [0.2, 0.25) is 5.02 Å². The Bertz CT molecular complexity index is 511. The largest absolute Gasteiger partial charge is 0.397 e. The number of benzene rings is 1. The van der Waals surface area contributed by atoms with E-state index in [1.165, 1.54) is 12.3 Å². The van der Waals surface area contributed by atoms with Crippen LogP contribution < -0.4 is 5.73 Å². The van der Waals surface area contributed by atoms with Gasteiger partial charge in [-0.1, -0.05) is 11.6 Å². The first-order valence-electron chi connectivity index (χ1n) is 4.09. The Morgan fingerprint density at radius 3 is 2.86 bits per heavy atom. The highest BCUT2D eigenvalue weighted by Crippen LogP contribution is 2.27. The van der Waals surface area contributed by atoms with Crippen molar-refractivity contribution in [2.24, 2.45) is 0 Å². The SMILES string of the molecule is Cc1c(F)cc(Cl)c2ncc(N)cc12. The lowest BCUT2D eigenvalue weighted by Gasteiger charge is -2.05. The first-order valence-corrected chi connectivity index (χ1v) is 4.47. The van der Waals surface area contributed by atoms with E-state index in [4.69, 9.17) is 17.3 Å². The van der Waals surface area contributed by atoms with Crippen LogP contribution in [-0.4, -0.2) is 4.98 Å². The molecule has 1 aromatic carbocycles. The van der Waals surface area contributed by atoms with Crippen molar-refractivity contribution in [3.63, 3.8) is 0 Å². The van der Waals surface area contributed by atoms with Crippen molar-refractivity contribution in [1.29, 1.82) is 0 Å². The number of anilines is 1. The average molecular weight is 211 g/mol. The highest BCUT2D eigenvalue weighted by atomic mass is 35.5. The molecule has 72 valence electrons. The zero-order valence-corrected chi connectivity index (χ0v) is 8.27. The molecule has 1 heterocycles. The number of nitrogens with zero attached hydrogens (tertiary/aromatic N) is 1. The first-order chi connectivity index (χ1) is 6.59. The fourth-order valence-corrected chi connectivity index (χ4v) is 1.62. The maximum absolute atomic E-state index is 13.3. The second-order valence-corrected chi connectivity index (χ2v) is 3.54. The third-order valence-corrected chi connectivity index (χ3v) is 2.44. The summed E-state index contributed by atoms with van der Waals surface area (Å²) >= 11 is 5.84. The van der Waals surface area contributed by atoms with Crippen LogP contribution in [0.1, 0.15) is 5.56 Å². The van der Waals surface area contributed by atoms with E-state index in [1.807, 2.05) is 0 Å². The number of nitrogens with two attached hydrogens (primary N) is 1. The van der Waals surface area contributed by atoms with E-state index in [-0.39, 0.29) is 5.82 Å². The highest BCUT2D eigenvalue weighted by molar-refractivity contribution is 6.35. The molecule has 0 aliphatic rings. The molecule has 0 atom stereocenters. The Balaban J connectivity index is 2.95. The van der Waals surface area contributed by atoms with Crippen molar-refractivity contribution < 1.29 is 4.39 Å². The summed E-state index contributed by atoms with van der Waals surface area (Å²) in [6.45, 7) is 1.68. The van der Waals surface area contributed by atoms with Gasteiger partial charge < -0.3 is 5.73 Å². The van der Waals surface area contributed by atoms with Gasteiger partial charge in [-0.3, -0.25) is 4.98 Å². The van der Waals surface area contributed by atoms with Gasteiger partial charge in [0.05, 0.1) is 22.4 Å². The maximum atomic E-state index is 13.3. The monoisotopic (exact) mass is 210 g/mol. The molecule has 2 rings (SSSR count). The quantitative estimate of drug-likeness (QED) is 0.726. The number of halogens is 2. The molecule has 0 saturated carbocycles. The summed E-state index contributed by atoms with van der Waals surface area (Å²) in [5.41, 5.74) is 7.17. The summed E-state index contributed by atoms with van der Waals surface area (Å²) in [6, 6.07) is 2.94. The van der Waals surface area contributed by atoms with Gasteiger partial charge in [0.2, 0.25) is 0 Å². The van der Waals surface area contributed by atoms with Crippen LogP contribution >= 0.6 is 11.6 Å². The molecule has 0 saturated heterocycles. The summed E-state index contributed by atoms with van der Waals surface area (Å²) in [4.78, 5) is 4.06. The molecule has 2 aromatic rings. The van der Waals surface area contributed by atoms with Gasteiger partial charge in [0.1, 0.15) is 5.82 Å². The van der Waals surface area contributed by atoms with Gasteiger partial charge >= 0.3 is 0 Å². The Hall–Kier alpha value is -1.35. The number of hydrogen-bond donors (Lipinski definition) is 1. The number of rotatable bonds is 0. The minimum Gasteiger partial charge on any atom is -0.397 e. The fourth-order valence-electron chi connectivity index (χ4n) is 1.37. The average Bonchev–Trinajstić information content (AvgIpc) is 2.14. The van der Waals surface area contributed by atoms with Gasteiger partial charge in [0.15, 0.2) is 0 Å². The van der Waals surface area contributed by atoms with Gasteiger partial charge in [-0.2, -0.15) is 0 Å². The molecule has 0 bridgehead atoms. The Kier molecular flexibility index (Phi) is 2.04. The second kappa shape index (κ2) is 3.10. The van der Waals surface area contributed by atoms with Crippen LogP contribution in [0.3, 0.4) is 0 Å². The van der Waals surface area contributed by atoms with E-state index in [9.17, 15) is 4.39 Å². The molecular weight excluding hydrogens is 203 g/mol. The minimum atomic E-state index is -0.338. The predicted molar refractivity (Wildman–Crippen MR) is 55.9 cm³/mol. The van der Waals surface area contributed by atoms with Crippen molar-refractivity contribution in [3.05, 3.63) is 34.7 Å². The summed E-state index contributed by atoms with van der Waals surface area (Å²) < 4.78 is 13.3. The zero-order valence-electron chi connectivity index (χ0n) is 7.51. The molecule has 0 aliphatic heterocycles. The van der Waals surface area contributed by atoms with E-state index in [0.717, 1.165) is 0 Å². The van der Waals surface area contributed by atoms with Gasteiger partial charge in [-0.05, 0) is 24.6 Å². The summed E-state index contributed by atoms with van der Waals surface area (Å²) in [5.74, 6) is -0.338. The summed E-state index contributed by atoms with van der Waals surface area (Å²) in [6.07, 6.45) is 1.51. The summed E-state index contributed by atoms with van der Waals surface area (Å²) in [7, 11) is 0. The smallest absolute Gasteiger partial charge is 0.128 e. The topological polar surface area (TPSA) is 38.9 Å². The first kappa shape index (κ1) is 9.21. The zero-order chi connectivity index (χ0) is 10.3. The van der Waals surface area contributed by atoms with E-state index < -0.39 is 0 Å². The molecule has 14 heavy (non-hydrogen) atoms. The highest BCUT2D eigenvalue weighted by Gasteiger charge is 2.08. The second-order valence-electron chi connectivity index (χ2n) is 3.13. The van der Waals surface area contributed by atoms with Gasteiger partial charge in [-0.25, -0.2) is 4.39 Å². The minimum absolute atomic E-state index is 0.308. The predicted octanol–water partition coefficient (Wildman–Crippen LogP) is 2.92. The van der Waals surface area contributed by atoms with E-state index in [1.54, 1.807) is 13.0 Å². The van der Waals surface area contributed by atoms with Crippen molar-refractivity contribution in [2.45, 2.75) is 6.92 Å². The lowest BCUT2D eigenvalue weighted by Crippen LogP contribution is -1.92. The number of hydrogen-bond acceptors (Lipinski definition) is 2. The number of nitrogen functional groups attached to an aromatic ring is 1. The molecule has 0 radical (unpaired) electrons. The number of fused-ring (bicyclic) bond motifs is 1. The van der Waals surface area contributed by atoms with Crippen LogP contribution in [0.4, 0.5) is 10.1 Å². The van der Waals surface area contributed by atoms with Gasteiger partial charge in [0.25, 0.3) is 0 Å². The molecule has 0 aliphatic carbocycles. The van der Waals surface area contributed by atoms with Crippen molar-refractivity contribution in [1.82, 2.24) is 4.98 Å². The van der Waals surface area contributed by atoms with E-state index >= 15 is 0 Å². The van der Waals surface area contributed by atoms with E-state index in [2.05, 4.69) is 4.98 Å². The van der Waals surface area contributed by atoms with Crippen molar-refractivity contribution in [2.75, 3.05) is 5.73 Å². The molecule has 2 N–H and O–H groups in total. The van der Waals surface area contributed by atoms with Crippen LogP contribution in [0, 0.1) is 12.7 Å². The number of aromatic nitrogens is 1. The van der Waals surface area contributed by atoms with Crippen LogP contribution in [0.25, 0.3) is 10.9 Å². The van der Waals surface area contributed by atoms with E-state index in [0.29, 0.717) is 27.2 Å². The fraction of sp³-hybridized carbons (Fsp3) is 0.100. The third-order valence-electron chi connectivity index (χ3n) is 2.15. The van der Waals surface area contributed by atoms with Crippen molar-refractivity contribution >= 4 is 28.2 Å². The van der Waals surface area contributed by atoms with Crippen LogP contribution in [0.5, 0.6) is 0 Å². The van der Waals surface area contributed by atoms with Crippen LogP contribution in [0.15, 0.2) is 18.3 Å². The van der Waals surface area contributed by atoms with Crippen LogP contribution in [-0.2, 0) is 0 Å². The van der Waals surface area contributed by atoms with Gasteiger partial charge in [0, 0.05) is 5.39 Å². The molecule has 2 nitrogen and oxygen atoms in total. The molecule has 4 heteroatoms. The lowest BCUT2D eigenvalue weighted by molar-refractivity contribution is 0.621. The molecule has 0 amide bonds. The molecule has 0 spiro atoms. The molecule has 1 aromatic heterocycles. The maximum Gasteiger partial charge on any atom is 0.128 e. The Morgan fingerprint density at radius 1 is 1.43 bits per heavy atom. The standard InChI is InChI=1S/C10H8ClFN2/c1-5-7-2-6(13)4-14-10(7)8(11)3-9(5)12/h2-4H,13H2,1H3. The molecular formula is C10H8ClFN2. The third kappa shape index (κ3) is 1.30. The Labute approximate surface area is 85.5 Å². The Morgan fingerprint density at radius 2 is 2.14 bits per heavy atom. The molecule has 0 fully saturated rings. The van der Waals surface area contributed by atoms with Gasteiger partial charge in [-0.15, -0.1) is 0 Å². The number of aryl methyl sites for hydroxylation is 1. The number of pyridine rings is 1. The summed E-state index contributed by atoms with van der Waals surface area (Å²) in [5, 5.41) is 0.970.